The van der Waals surface area contributed by atoms with E-state index in [2.05, 4.69) is 6.58 Å². The molecule has 2 aliphatic carbocycles. The summed E-state index contributed by atoms with van der Waals surface area (Å²) in [6.45, 7) is 8.35. The molecule has 0 radical (unpaired) electrons. The molecule has 0 amide bonds. The zero-order valence-corrected chi connectivity index (χ0v) is 19.2. The van der Waals surface area contributed by atoms with E-state index in [9.17, 15) is 19.2 Å². The maximum Gasteiger partial charge on any atom is 0.318 e. The number of rotatable bonds is 12. The number of aliphatic carboxylic acids is 2. The van der Waals surface area contributed by atoms with Crippen molar-refractivity contribution in [3.8, 4) is 0 Å². The van der Waals surface area contributed by atoms with Gasteiger partial charge in [-0.05, 0) is 76.2 Å². The molecule has 32 heavy (non-hydrogen) atoms. The molecular weight excluding hydrogens is 416 g/mol. The molecule has 2 rings (SSSR count). The van der Waals surface area contributed by atoms with Crippen LogP contribution in [0, 0.1) is 5.41 Å². The first-order valence-electron chi connectivity index (χ1n) is 11.6. The fourth-order valence-electron chi connectivity index (χ4n) is 5.79. The van der Waals surface area contributed by atoms with Gasteiger partial charge < -0.3 is 19.7 Å². The molecule has 0 aliphatic heterocycles. The van der Waals surface area contributed by atoms with Gasteiger partial charge in [-0.15, -0.1) is 0 Å². The number of esters is 2. The van der Waals surface area contributed by atoms with Crippen LogP contribution in [0.1, 0.15) is 97.3 Å². The summed E-state index contributed by atoms with van der Waals surface area (Å²) in [6.07, 6.45) is 6.40. The smallest absolute Gasteiger partial charge is 0.318 e. The van der Waals surface area contributed by atoms with Crippen LogP contribution in [0.15, 0.2) is 12.2 Å². The third kappa shape index (κ3) is 5.51. The number of hydrogen-bond donors (Lipinski definition) is 2. The highest BCUT2D eigenvalue weighted by Gasteiger charge is 2.55. The van der Waals surface area contributed by atoms with Crippen molar-refractivity contribution >= 4 is 23.9 Å². The molecule has 0 aromatic rings. The molecule has 2 fully saturated rings. The number of carbonyl (C=O) groups is 4. The largest absolute Gasteiger partial charge is 0.481 e. The highest BCUT2D eigenvalue weighted by atomic mass is 16.6. The molecule has 0 aromatic heterocycles. The lowest BCUT2D eigenvalue weighted by molar-refractivity contribution is -0.181. The Bertz CT molecular complexity index is 737. The van der Waals surface area contributed by atoms with Gasteiger partial charge >= 0.3 is 23.9 Å². The monoisotopic (exact) mass is 452 g/mol. The van der Waals surface area contributed by atoms with E-state index < -0.39 is 53.3 Å². The molecule has 2 saturated carbocycles. The van der Waals surface area contributed by atoms with Crippen molar-refractivity contribution in [3.63, 3.8) is 0 Å². The Balaban J connectivity index is 2.33. The minimum Gasteiger partial charge on any atom is -0.481 e. The van der Waals surface area contributed by atoms with Gasteiger partial charge in [0.2, 0.25) is 0 Å². The standard InChI is InChI=1S/C24H36O8/c1-4-22(5-2,24(12-8-9-13-24)32-21(30)15-19(27)28)16-17(3)23(10-6-7-11-23)31-20(29)14-18(25)26/h3-16H2,1-2H3,(H,25,26)(H,27,28). The molecule has 0 aromatic carbocycles. The van der Waals surface area contributed by atoms with Crippen LogP contribution in [-0.4, -0.2) is 45.3 Å². The Morgan fingerprint density at radius 1 is 0.812 bits per heavy atom. The third-order valence-electron chi connectivity index (χ3n) is 7.55. The number of carbonyl (C=O) groups excluding carboxylic acids is 2. The maximum atomic E-state index is 12.4. The molecule has 0 bridgehead atoms. The van der Waals surface area contributed by atoms with Gasteiger partial charge in [0.25, 0.3) is 0 Å². The van der Waals surface area contributed by atoms with E-state index >= 15 is 0 Å². The zero-order chi connectivity index (χ0) is 24.0. The van der Waals surface area contributed by atoms with Crippen molar-refractivity contribution in [2.45, 2.75) is 109 Å². The quantitative estimate of drug-likeness (QED) is 0.253. The summed E-state index contributed by atoms with van der Waals surface area (Å²) in [4.78, 5) is 46.6. The maximum absolute atomic E-state index is 12.4. The number of ether oxygens (including phenoxy) is 2. The molecule has 2 N–H and O–H groups in total. The normalized spacial score (nSPS) is 19.3. The fourth-order valence-corrected chi connectivity index (χ4v) is 5.79. The van der Waals surface area contributed by atoms with Gasteiger partial charge in [0, 0.05) is 5.41 Å². The second-order valence-corrected chi connectivity index (χ2v) is 9.26. The Morgan fingerprint density at radius 3 is 1.69 bits per heavy atom. The summed E-state index contributed by atoms with van der Waals surface area (Å²) in [5.41, 5.74) is -1.47. The molecule has 8 heteroatoms. The Morgan fingerprint density at radius 2 is 1.25 bits per heavy atom. The zero-order valence-electron chi connectivity index (χ0n) is 19.2. The van der Waals surface area contributed by atoms with E-state index in [0.29, 0.717) is 44.9 Å². The summed E-state index contributed by atoms with van der Waals surface area (Å²) >= 11 is 0. The summed E-state index contributed by atoms with van der Waals surface area (Å²) in [5.74, 6) is -3.97. The minimum atomic E-state index is -1.24. The average Bonchev–Trinajstić information content (AvgIpc) is 3.36. The summed E-state index contributed by atoms with van der Waals surface area (Å²) in [6, 6.07) is 0. The van der Waals surface area contributed by atoms with Crippen LogP contribution >= 0.6 is 0 Å². The van der Waals surface area contributed by atoms with Crippen LogP contribution in [0.4, 0.5) is 0 Å². The third-order valence-corrected chi connectivity index (χ3v) is 7.55. The first-order chi connectivity index (χ1) is 15.0. The Labute approximate surface area is 189 Å². The molecule has 0 spiro atoms. The van der Waals surface area contributed by atoms with Gasteiger partial charge in [-0.1, -0.05) is 20.4 Å². The van der Waals surface area contributed by atoms with Gasteiger partial charge in [0.15, 0.2) is 0 Å². The molecule has 0 atom stereocenters. The first-order valence-corrected chi connectivity index (χ1v) is 11.6. The SMILES string of the molecule is C=C(CC(CC)(CC)C1(OC(=O)CC(=O)O)CCCC1)C1(OC(=O)CC(=O)O)CCCC1. The Hall–Kier alpha value is -2.38. The van der Waals surface area contributed by atoms with Crippen LogP contribution in [0.25, 0.3) is 0 Å². The molecule has 0 heterocycles. The predicted molar refractivity (Wildman–Crippen MR) is 116 cm³/mol. The molecule has 180 valence electrons. The molecule has 0 saturated heterocycles. The minimum absolute atomic E-state index is 0.459. The summed E-state index contributed by atoms with van der Waals surface area (Å²) in [7, 11) is 0. The van der Waals surface area contributed by atoms with Crippen LogP contribution in [0.5, 0.6) is 0 Å². The summed E-state index contributed by atoms with van der Waals surface area (Å²) < 4.78 is 11.7. The van der Waals surface area contributed by atoms with E-state index in [4.69, 9.17) is 19.7 Å². The number of carboxylic acid groups (broad SMARTS) is 2. The lowest BCUT2D eigenvalue weighted by Crippen LogP contribution is -2.51. The van der Waals surface area contributed by atoms with Crippen LogP contribution in [-0.2, 0) is 28.7 Å². The Kier molecular flexibility index (Phi) is 8.48. The van der Waals surface area contributed by atoms with Gasteiger partial charge in [0.05, 0.1) is 0 Å². The predicted octanol–water partition coefficient (Wildman–Crippen LogP) is 4.40. The topological polar surface area (TPSA) is 127 Å². The molecule has 0 unspecified atom stereocenters. The van der Waals surface area contributed by atoms with Crippen LogP contribution in [0.2, 0.25) is 0 Å². The first kappa shape index (κ1) is 25.9. The fraction of sp³-hybridized carbons (Fsp3) is 0.750. The highest BCUT2D eigenvalue weighted by Crippen LogP contribution is 2.56. The lowest BCUT2D eigenvalue weighted by Gasteiger charge is -2.49. The van der Waals surface area contributed by atoms with Crippen LogP contribution in [0.3, 0.4) is 0 Å². The van der Waals surface area contributed by atoms with Crippen molar-refractivity contribution in [1.82, 2.24) is 0 Å². The second-order valence-electron chi connectivity index (χ2n) is 9.26. The summed E-state index contributed by atoms with van der Waals surface area (Å²) in [5, 5.41) is 18.0. The van der Waals surface area contributed by atoms with E-state index in [1.165, 1.54) is 0 Å². The van der Waals surface area contributed by atoms with Crippen molar-refractivity contribution in [1.29, 1.82) is 0 Å². The van der Waals surface area contributed by atoms with E-state index in [0.717, 1.165) is 31.3 Å². The van der Waals surface area contributed by atoms with E-state index in [-0.39, 0.29) is 0 Å². The average molecular weight is 453 g/mol. The lowest BCUT2D eigenvalue weighted by atomic mass is 9.62. The van der Waals surface area contributed by atoms with Gasteiger partial charge in [-0.2, -0.15) is 0 Å². The molecule has 8 nitrogen and oxygen atoms in total. The molecular formula is C24H36O8. The van der Waals surface area contributed by atoms with Gasteiger partial charge in [-0.25, -0.2) is 0 Å². The van der Waals surface area contributed by atoms with Crippen molar-refractivity contribution in [2.24, 2.45) is 5.41 Å². The van der Waals surface area contributed by atoms with Crippen molar-refractivity contribution in [2.75, 3.05) is 0 Å². The number of carboxylic acids is 2. The number of hydrogen-bond acceptors (Lipinski definition) is 6. The van der Waals surface area contributed by atoms with Gasteiger partial charge in [-0.3, -0.25) is 19.2 Å². The van der Waals surface area contributed by atoms with Crippen molar-refractivity contribution in [3.05, 3.63) is 12.2 Å². The van der Waals surface area contributed by atoms with E-state index in [1.54, 1.807) is 0 Å². The van der Waals surface area contributed by atoms with E-state index in [1.807, 2.05) is 13.8 Å². The molecule has 2 aliphatic rings. The van der Waals surface area contributed by atoms with Crippen molar-refractivity contribution < 1.29 is 38.9 Å². The second kappa shape index (κ2) is 10.5. The van der Waals surface area contributed by atoms with Crippen LogP contribution < -0.4 is 0 Å². The highest BCUT2D eigenvalue weighted by molar-refractivity contribution is 5.90. The van der Waals surface area contributed by atoms with Gasteiger partial charge in [0.1, 0.15) is 24.0 Å².